The van der Waals surface area contributed by atoms with E-state index in [1.165, 1.54) is 6.42 Å². The maximum atomic E-state index is 6.16. The fourth-order valence-corrected chi connectivity index (χ4v) is 2.03. The van der Waals surface area contributed by atoms with Crippen molar-refractivity contribution < 1.29 is 0 Å². The zero-order valence-electron chi connectivity index (χ0n) is 11.6. The van der Waals surface area contributed by atoms with Crippen LogP contribution in [0.1, 0.15) is 38.6 Å². The molecule has 0 aliphatic rings. The van der Waals surface area contributed by atoms with Crippen molar-refractivity contribution in [1.29, 1.82) is 0 Å². The first-order valence-electron chi connectivity index (χ1n) is 6.27. The minimum atomic E-state index is 0.182. The van der Waals surface area contributed by atoms with E-state index in [1.807, 2.05) is 18.5 Å². The smallest absolute Gasteiger partial charge is 0.0844 e. The summed E-state index contributed by atoms with van der Waals surface area (Å²) in [5, 5.41) is 8.74. The molecule has 0 saturated carbocycles. The van der Waals surface area contributed by atoms with Crippen molar-refractivity contribution in [2.24, 2.45) is 5.41 Å². The molecule has 0 unspecified atom stereocenters. The first-order valence-corrected chi connectivity index (χ1v) is 6.65. The molecule has 0 spiro atoms. The van der Waals surface area contributed by atoms with E-state index >= 15 is 0 Å². The molecular weight excluding hydrogens is 234 g/mol. The lowest BCUT2D eigenvalue weighted by Gasteiger charge is -2.25. The highest BCUT2D eigenvalue weighted by Crippen LogP contribution is 2.23. The minimum absolute atomic E-state index is 0.182. The Balaban J connectivity index is 2.65. The van der Waals surface area contributed by atoms with E-state index in [4.69, 9.17) is 11.6 Å². The molecule has 1 aromatic heterocycles. The summed E-state index contributed by atoms with van der Waals surface area (Å²) in [4.78, 5) is 0. The zero-order chi connectivity index (χ0) is 13.1. The summed E-state index contributed by atoms with van der Waals surface area (Å²) in [6.07, 6.45) is 1.17. The number of halogens is 1. The molecule has 98 valence electrons. The molecular formula is C13H24ClN3. The minimum Gasteiger partial charge on any atom is -0.316 e. The average molecular weight is 258 g/mol. The van der Waals surface area contributed by atoms with Crippen molar-refractivity contribution in [2.45, 2.75) is 47.6 Å². The van der Waals surface area contributed by atoms with Crippen LogP contribution in [0.2, 0.25) is 5.02 Å². The van der Waals surface area contributed by atoms with Crippen LogP contribution in [0.25, 0.3) is 0 Å². The lowest BCUT2D eigenvalue weighted by molar-refractivity contribution is 0.274. The van der Waals surface area contributed by atoms with E-state index in [2.05, 4.69) is 31.2 Å². The Labute approximate surface area is 110 Å². The van der Waals surface area contributed by atoms with Crippen molar-refractivity contribution in [3.05, 3.63) is 16.4 Å². The summed E-state index contributed by atoms with van der Waals surface area (Å²) in [5.41, 5.74) is 2.16. The largest absolute Gasteiger partial charge is 0.316 e. The molecule has 0 fully saturated rings. The summed E-state index contributed by atoms with van der Waals surface area (Å²) in [6, 6.07) is 0. The molecule has 0 bridgehead atoms. The third-order valence-corrected chi connectivity index (χ3v) is 3.45. The first-order chi connectivity index (χ1) is 7.87. The zero-order valence-corrected chi connectivity index (χ0v) is 12.4. The third kappa shape index (κ3) is 4.00. The topological polar surface area (TPSA) is 29.9 Å². The van der Waals surface area contributed by atoms with Gasteiger partial charge < -0.3 is 5.32 Å². The van der Waals surface area contributed by atoms with Crippen LogP contribution in [0, 0.1) is 19.3 Å². The summed E-state index contributed by atoms with van der Waals surface area (Å²) < 4.78 is 2.02. The molecule has 0 aliphatic carbocycles. The van der Waals surface area contributed by atoms with Crippen LogP contribution in [0.5, 0.6) is 0 Å². The van der Waals surface area contributed by atoms with Gasteiger partial charge in [-0.15, -0.1) is 0 Å². The Morgan fingerprint density at radius 2 is 2.00 bits per heavy atom. The van der Waals surface area contributed by atoms with Gasteiger partial charge in [0.25, 0.3) is 0 Å². The molecule has 0 amide bonds. The van der Waals surface area contributed by atoms with E-state index < -0.39 is 0 Å². The van der Waals surface area contributed by atoms with Crippen LogP contribution in [0.4, 0.5) is 0 Å². The molecule has 0 aliphatic heterocycles. The van der Waals surface area contributed by atoms with Crippen LogP contribution >= 0.6 is 11.6 Å². The second-order valence-electron chi connectivity index (χ2n) is 5.48. The number of aromatic nitrogens is 2. The Morgan fingerprint density at radius 1 is 1.35 bits per heavy atom. The molecule has 0 atom stereocenters. The van der Waals surface area contributed by atoms with Crippen LogP contribution in [-0.2, 0) is 6.54 Å². The Hall–Kier alpha value is -0.540. The lowest BCUT2D eigenvalue weighted by Crippen LogP contribution is -2.34. The van der Waals surface area contributed by atoms with E-state index in [0.29, 0.717) is 0 Å². The van der Waals surface area contributed by atoms with Crippen molar-refractivity contribution in [3.63, 3.8) is 0 Å². The molecule has 17 heavy (non-hydrogen) atoms. The quantitative estimate of drug-likeness (QED) is 0.794. The monoisotopic (exact) mass is 257 g/mol. The van der Waals surface area contributed by atoms with Crippen molar-refractivity contribution in [1.82, 2.24) is 15.1 Å². The average Bonchev–Trinajstić information content (AvgIpc) is 2.46. The number of rotatable bonds is 6. The number of aryl methyl sites for hydroxylation is 1. The maximum absolute atomic E-state index is 6.16. The van der Waals surface area contributed by atoms with Crippen LogP contribution in [-0.4, -0.2) is 22.9 Å². The van der Waals surface area contributed by atoms with E-state index in [-0.39, 0.29) is 5.41 Å². The second-order valence-corrected chi connectivity index (χ2v) is 5.86. The Bertz CT molecular complexity index is 369. The van der Waals surface area contributed by atoms with Gasteiger partial charge in [-0.1, -0.05) is 32.4 Å². The summed E-state index contributed by atoms with van der Waals surface area (Å²) in [6.45, 7) is 13.6. The van der Waals surface area contributed by atoms with Gasteiger partial charge in [0.15, 0.2) is 0 Å². The molecule has 0 saturated heterocycles. The van der Waals surface area contributed by atoms with Crippen molar-refractivity contribution >= 4 is 11.6 Å². The standard InChI is InChI=1S/C13H24ClN3/c1-6-7-15-8-13(4,5)9-17-11(3)12(14)10(2)16-17/h15H,6-9H2,1-5H3. The van der Waals surface area contributed by atoms with Gasteiger partial charge in [-0.2, -0.15) is 5.10 Å². The normalized spacial score (nSPS) is 12.1. The van der Waals surface area contributed by atoms with Gasteiger partial charge in [0.1, 0.15) is 0 Å². The molecule has 0 radical (unpaired) electrons. The van der Waals surface area contributed by atoms with Crippen molar-refractivity contribution in [3.8, 4) is 0 Å². The van der Waals surface area contributed by atoms with E-state index in [9.17, 15) is 0 Å². The van der Waals surface area contributed by atoms with Gasteiger partial charge in [0.2, 0.25) is 0 Å². The second kappa shape index (κ2) is 5.87. The van der Waals surface area contributed by atoms with Gasteiger partial charge in [-0.05, 0) is 32.2 Å². The summed E-state index contributed by atoms with van der Waals surface area (Å²) in [7, 11) is 0. The first kappa shape index (κ1) is 14.5. The number of hydrogen-bond donors (Lipinski definition) is 1. The molecule has 1 rings (SSSR count). The highest BCUT2D eigenvalue weighted by molar-refractivity contribution is 6.31. The van der Waals surface area contributed by atoms with Gasteiger partial charge in [-0.25, -0.2) is 0 Å². The molecule has 4 heteroatoms. The Morgan fingerprint density at radius 3 is 2.47 bits per heavy atom. The molecule has 3 nitrogen and oxygen atoms in total. The Kier molecular flexibility index (Phi) is 5.02. The molecule has 1 aromatic rings. The SMILES string of the molecule is CCCNCC(C)(C)Cn1nc(C)c(Cl)c1C. The summed E-state index contributed by atoms with van der Waals surface area (Å²) in [5.74, 6) is 0. The van der Waals surface area contributed by atoms with Crippen LogP contribution < -0.4 is 5.32 Å². The fraction of sp³-hybridized carbons (Fsp3) is 0.769. The van der Waals surface area contributed by atoms with E-state index in [1.54, 1.807) is 0 Å². The number of nitrogens with zero attached hydrogens (tertiary/aromatic N) is 2. The lowest BCUT2D eigenvalue weighted by atomic mass is 9.93. The molecule has 0 aromatic carbocycles. The molecule has 1 heterocycles. The number of nitrogens with one attached hydrogen (secondary N) is 1. The maximum Gasteiger partial charge on any atom is 0.0844 e. The third-order valence-electron chi connectivity index (χ3n) is 2.90. The predicted octanol–water partition coefficient (Wildman–Crippen LogP) is 3.18. The van der Waals surface area contributed by atoms with E-state index in [0.717, 1.165) is 36.0 Å². The van der Waals surface area contributed by atoms with Crippen LogP contribution in [0.3, 0.4) is 0 Å². The highest BCUT2D eigenvalue weighted by atomic mass is 35.5. The van der Waals surface area contributed by atoms with Crippen molar-refractivity contribution in [2.75, 3.05) is 13.1 Å². The highest BCUT2D eigenvalue weighted by Gasteiger charge is 2.21. The summed E-state index contributed by atoms with van der Waals surface area (Å²) >= 11 is 6.16. The number of hydrogen-bond acceptors (Lipinski definition) is 2. The van der Waals surface area contributed by atoms with Gasteiger partial charge in [0, 0.05) is 13.1 Å². The molecule has 1 N–H and O–H groups in total. The predicted molar refractivity (Wildman–Crippen MR) is 73.7 cm³/mol. The fourth-order valence-electron chi connectivity index (χ4n) is 1.89. The van der Waals surface area contributed by atoms with Gasteiger partial charge in [-0.3, -0.25) is 4.68 Å². The van der Waals surface area contributed by atoms with Gasteiger partial charge >= 0.3 is 0 Å². The van der Waals surface area contributed by atoms with Crippen LogP contribution in [0.15, 0.2) is 0 Å². The van der Waals surface area contributed by atoms with Gasteiger partial charge in [0.05, 0.1) is 16.4 Å².